The van der Waals surface area contributed by atoms with Gasteiger partial charge in [-0.1, -0.05) is 58.0 Å². The van der Waals surface area contributed by atoms with Gasteiger partial charge in [0.15, 0.2) is 0 Å². The van der Waals surface area contributed by atoms with E-state index in [4.69, 9.17) is 58.0 Å². The van der Waals surface area contributed by atoms with Gasteiger partial charge in [-0.05, 0) is 6.07 Å². The molecule has 0 amide bonds. The molecule has 66 valence electrons. The van der Waals surface area contributed by atoms with Crippen molar-refractivity contribution in [2.75, 3.05) is 0 Å². The average Bonchev–Trinajstić information content (AvgIpc) is 1.92. The fourth-order valence-electron chi connectivity index (χ4n) is 0.618. The van der Waals surface area contributed by atoms with Crippen LogP contribution in [0.5, 0.6) is 0 Å². The van der Waals surface area contributed by atoms with Crippen LogP contribution in [0.4, 0.5) is 0 Å². The van der Waals surface area contributed by atoms with Crippen LogP contribution in [0.2, 0.25) is 10.0 Å². The molecule has 0 fully saturated rings. The van der Waals surface area contributed by atoms with Gasteiger partial charge in [-0.25, -0.2) is 0 Å². The van der Waals surface area contributed by atoms with E-state index >= 15 is 0 Å². The molecule has 0 saturated heterocycles. The Morgan fingerprint density at radius 2 is 1.75 bits per heavy atom. The molecule has 0 bridgehead atoms. The van der Waals surface area contributed by atoms with Gasteiger partial charge in [0, 0.05) is 6.20 Å². The fourth-order valence-corrected chi connectivity index (χ4v) is 1.59. The Morgan fingerprint density at radius 1 is 1.17 bits per heavy atom. The minimum Gasteiger partial charge on any atom is -0.255 e. The Bertz CT molecular complexity index is 292. The van der Waals surface area contributed by atoms with Crippen molar-refractivity contribution in [2.45, 2.75) is 3.79 Å². The lowest BCUT2D eigenvalue weighted by atomic mass is 10.4. The molecule has 0 spiro atoms. The smallest absolute Gasteiger partial charge is 0.234 e. The molecular formula is C6H2Cl5N. The Kier molecular flexibility index (Phi) is 3.35. The summed E-state index contributed by atoms with van der Waals surface area (Å²) in [5.74, 6) is 0. The van der Waals surface area contributed by atoms with Crippen LogP contribution in [0.25, 0.3) is 0 Å². The van der Waals surface area contributed by atoms with Crippen molar-refractivity contribution in [2.24, 2.45) is 0 Å². The van der Waals surface area contributed by atoms with Gasteiger partial charge in [0.25, 0.3) is 0 Å². The van der Waals surface area contributed by atoms with Crippen molar-refractivity contribution in [3.63, 3.8) is 0 Å². The second-order valence-corrected chi connectivity index (χ2v) is 5.02. The summed E-state index contributed by atoms with van der Waals surface area (Å²) in [6.07, 6.45) is 1.42. The fraction of sp³-hybridized carbons (Fsp3) is 0.167. The van der Waals surface area contributed by atoms with E-state index in [2.05, 4.69) is 4.98 Å². The van der Waals surface area contributed by atoms with E-state index in [9.17, 15) is 0 Å². The normalized spacial score (nSPS) is 11.8. The summed E-state index contributed by atoms with van der Waals surface area (Å²) in [6, 6.07) is 1.52. The molecule has 0 aliphatic heterocycles. The standard InChI is InChI=1S/C6H2Cl5N/c7-3-1-2-12-5(4(3)8)6(9,10)11/h1-2H. The first-order valence-corrected chi connectivity index (χ1v) is 4.69. The van der Waals surface area contributed by atoms with Gasteiger partial charge in [-0.15, -0.1) is 0 Å². The summed E-state index contributed by atoms with van der Waals surface area (Å²) in [4.78, 5) is 3.80. The lowest BCUT2D eigenvalue weighted by Gasteiger charge is -2.11. The van der Waals surface area contributed by atoms with Crippen molar-refractivity contribution >= 4 is 58.0 Å². The van der Waals surface area contributed by atoms with E-state index in [-0.39, 0.29) is 10.7 Å². The first-order chi connectivity index (χ1) is 5.43. The SMILES string of the molecule is Clc1ccnc(C(Cl)(Cl)Cl)c1Cl. The zero-order valence-corrected chi connectivity index (χ0v) is 9.27. The molecule has 0 saturated carbocycles. The number of pyridine rings is 1. The predicted octanol–water partition coefficient (Wildman–Crippen LogP) is 4.22. The highest BCUT2D eigenvalue weighted by atomic mass is 35.6. The monoisotopic (exact) mass is 263 g/mol. The minimum absolute atomic E-state index is 0.140. The van der Waals surface area contributed by atoms with Gasteiger partial charge < -0.3 is 0 Å². The molecular weight excluding hydrogens is 263 g/mol. The van der Waals surface area contributed by atoms with Crippen molar-refractivity contribution in [1.29, 1.82) is 0 Å². The van der Waals surface area contributed by atoms with Gasteiger partial charge >= 0.3 is 0 Å². The van der Waals surface area contributed by atoms with Gasteiger partial charge in [-0.3, -0.25) is 4.98 Å². The van der Waals surface area contributed by atoms with Crippen LogP contribution in [0.15, 0.2) is 12.3 Å². The van der Waals surface area contributed by atoms with Gasteiger partial charge in [0.2, 0.25) is 3.79 Å². The van der Waals surface area contributed by atoms with E-state index in [0.29, 0.717) is 5.02 Å². The number of aromatic nitrogens is 1. The largest absolute Gasteiger partial charge is 0.255 e. The highest BCUT2D eigenvalue weighted by Gasteiger charge is 2.28. The Morgan fingerprint density at radius 3 is 2.17 bits per heavy atom. The lowest BCUT2D eigenvalue weighted by Crippen LogP contribution is -2.04. The first-order valence-electron chi connectivity index (χ1n) is 2.80. The number of alkyl halides is 3. The maximum atomic E-state index is 5.73. The molecule has 1 aromatic heterocycles. The van der Waals surface area contributed by atoms with Gasteiger partial charge in [0.1, 0.15) is 5.69 Å². The minimum atomic E-state index is -1.64. The van der Waals surface area contributed by atoms with Crippen molar-refractivity contribution in [3.05, 3.63) is 28.0 Å². The number of nitrogens with zero attached hydrogens (tertiary/aromatic N) is 1. The first kappa shape index (κ1) is 10.7. The molecule has 1 rings (SSSR count). The third kappa shape index (κ3) is 2.30. The summed E-state index contributed by atoms with van der Waals surface area (Å²) < 4.78 is -1.64. The van der Waals surface area contributed by atoms with Crippen LogP contribution in [-0.4, -0.2) is 4.98 Å². The highest BCUT2D eigenvalue weighted by molar-refractivity contribution is 6.67. The Labute approximate surface area is 94.5 Å². The quantitative estimate of drug-likeness (QED) is 0.640. The van der Waals surface area contributed by atoms with Crippen molar-refractivity contribution < 1.29 is 0 Å². The average molecular weight is 265 g/mol. The molecule has 1 nitrogen and oxygen atoms in total. The van der Waals surface area contributed by atoms with Crippen LogP contribution < -0.4 is 0 Å². The lowest BCUT2D eigenvalue weighted by molar-refractivity contribution is 1.09. The van der Waals surface area contributed by atoms with Gasteiger partial charge in [0.05, 0.1) is 10.0 Å². The topological polar surface area (TPSA) is 12.9 Å². The van der Waals surface area contributed by atoms with Crippen molar-refractivity contribution in [3.8, 4) is 0 Å². The van der Waals surface area contributed by atoms with E-state index in [0.717, 1.165) is 0 Å². The molecule has 0 radical (unpaired) electrons. The van der Waals surface area contributed by atoms with Crippen LogP contribution in [0.1, 0.15) is 5.69 Å². The summed E-state index contributed by atoms with van der Waals surface area (Å²) in [5, 5.41) is 0.479. The molecule has 1 heterocycles. The molecule has 0 aliphatic rings. The number of hydrogen-bond donors (Lipinski definition) is 0. The van der Waals surface area contributed by atoms with Gasteiger partial charge in [-0.2, -0.15) is 0 Å². The molecule has 0 N–H and O–H groups in total. The van der Waals surface area contributed by atoms with E-state index in [1.165, 1.54) is 12.3 Å². The summed E-state index contributed by atoms with van der Waals surface area (Å²) in [6.45, 7) is 0. The molecule has 6 heteroatoms. The number of hydrogen-bond acceptors (Lipinski definition) is 1. The number of halogens is 5. The summed E-state index contributed by atoms with van der Waals surface area (Å²) in [7, 11) is 0. The zero-order chi connectivity index (χ0) is 9.35. The third-order valence-electron chi connectivity index (χ3n) is 1.11. The molecule has 0 aromatic carbocycles. The van der Waals surface area contributed by atoms with Crippen LogP contribution in [-0.2, 0) is 3.79 Å². The van der Waals surface area contributed by atoms with E-state index in [1.54, 1.807) is 0 Å². The van der Waals surface area contributed by atoms with Crippen LogP contribution in [0.3, 0.4) is 0 Å². The van der Waals surface area contributed by atoms with Crippen LogP contribution in [0, 0.1) is 0 Å². The maximum absolute atomic E-state index is 5.73. The highest BCUT2D eigenvalue weighted by Crippen LogP contribution is 2.42. The van der Waals surface area contributed by atoms with E-state index < -0.39 is 3.79 Å². The predicted molar refractivity (Wildman–Crippen MR) is 53.5 cm³/mol. The number of rotatable bonds is 0. The second kappa shape index (κ2) is 3.77. The summed E-state index contributed by atoms with van der Waals surface area (Å²) in [5.41, 5.74) is 0.140. The molecule has 0 unspecified atom stereocenters. The molecule has 0 aliphatic carbocycles. The summed E-state index contributed by atoms with van der Waals surface area (Å²) >= 11 is 28.1. The van der Waals surface area contributed by atoms with E-state index in [1.807, 2.05) is 0 Å². The molecule has 12 heavy (non-hydrogen) atoms. The second-order valence-electron chi connectivity index (χ2n) is 1.95. The Hall–Kier alpha value is 0.600. The zero-order valence-electron chi connectivity index (χ0n) is 5.49. The molecule has 0 atom stereocenters. The van der Waals surface area contributed by atoms with Crippen molar-refractivity contribution in [1.82, 2.24) is 4.98 Å². The van der Waals surface area contributed by atoms with Crippen LogP contribution >= 0.6 is 58.0 Å². The molecule has 1 aromatic rings. The Balaban J connectivity index is 3.26. The maximum Gasteiger partial charge on any atom is 0.234 e. The third-order valence-corrected chi connectivity index (χ3v) is 2.44.